The van der Waals surface area contributed by atoms with Gasteiger partial charge in [-0.15, -0.1) is 0 Å². The largest absolute Gasteiger partial charge is 0.416 e. The Kier molecular flexibility index (Phi) is 26.7. The van der Waals surface area contributed by atoms with Crippen LogP contribution in [0.3, 0.4) is 0 Å². The van der Waals surface area contributed by atoms with Crippen molar-refractivity contribution in [2.24, 2.45) is 254 Å². The average molecular weight is 1620 g/mol. The van der Waals surface area contributed by atoms with Crippen LogP contribution in [0.15, 0.2) is 0 Å². The van der Waals surface area contributed by atoms with Crippen molar-refractivity contribution in [3.05, 3.63) is 0 Å². The van der Waals surface area contributed by atoms with E-state index in [1.165, 1.54) is 76.0 Å². The topological polar surface area (TPSA) is 80.9 Å². The highest BCUT2D eigenvalue weighted by molar-refractivity contribution is 5.15. The molecule has 42 unspecified atom stereocenters. The summed E-state index contributed by atoms with van der Waals surface area (Å²) in [6, 6.07) is 0. The molecule has 24 aliphatic rings. The molecule has 16 heteroatoms. The molecule has 24 aliphatic carbocycles. The Bertz CT molecular complexity index is 3030. The van der Waals surface area contributed by atoms with E-state index in [4.69, 9.17) is 0 Å². The predicted octanol–water partition coefficient (Wildman–Crippen LogP) is 26.7. The molecule has 0 aliphatic heterocycles. The molecule has 24 saturated carbocycles. The highest BCUT2D eigenvalue weighted by atomic mass is 19.4. The fraction of sp³-hybridized carbons (Fsp3) is 1.00. The lowest BCUT2D eigenvalue weighted by molar-refractivity contribution is -0.260. The zero-order valence-electron chi connectivity index (χ0n) is 72.9. The number of aliphatic hydroxyl groups is 4. The number of hydrogen-bond acceptors (Lipinski definition) is 4. The van der Waals surface area contributed by atoms with E-state index in [0.717, 1.165) is 202 Å². The minimum Gasteiger partial charge on any atom is -0.396 e. The lowest BCUT2D eigenvalue weighted by Crippen LogP contribution is -2.57. The number of aliphatic hydroxyl groups excluding tert-OH is 1. The van der Waals surface area contributed by atoms with E-state index in [1.54, 1.807) is 38.5 Å². The van der Waals surface area contributed by atoms with Crippen molar-refractivity contribution in [2.45, 2.75) is 345 Å². The van der Waals surface area contributed by atoms with E-state index in [9.17, 15) is 73.1 Å². The molecule has 42 atom stereocenters. The fourth-order valence-electron chi connectivity index (χ4n) is 34.0. The van der Waals surface area contributed by atoms with E-state index >= 15 is 0 Å². The molecule has 18 bridgehead atoms. The quantitative estimate of drug-likeness (QED) is 0.137. The summed E-state index contributed by atoms with van der Waals surface area (Å²) >= 11 is 0. The Morgan fingerprint density at radius 3 is 1.03 bits per heavy atom. The summed E-state index contributed by atoms with van der Waals surface area (Å²) in [5.41, 5.74) is -7.57. The maximum atomic E-state index is 13.0. The number of halogens is 12. The number of alkyl halides is 12. The van der Waals surface area contributed by atoms with Gasteiger partial charge in [-0.25, -0.2) is 0 Å². The minimum absolute atomic E-state index is 0.0443. The van der Waals surface area contributed by atoms with Crippen molar-refractivity contribution < 1.29 is 73.1 Å². The normalized spacial score (nSPS) is 52.0. The van der Waals surface area contributed by atoms with Crippen LogP contribution in [0.2, 0.25) is 0 Å². The summed E-state index contributed by atoms with van der Waals surface area (Å²) in [6.45, 7) is 36.1. The molecule has 0 aromatic carbocycles. The van der Waals surface area contributed by atoms with Gasteiger partial charge in [-0.3, -0.25) is 0 Å². The van der Waals surface area contributed by atoms with Crippen LogP contribution in [0.5, 0.6) is 0 Å². The maximum absolute atomic E-state index is 13.0. The monoisotopic (exact) mass is 1620 g/mol. The van der Waals surface area contributed by atoms with Crippen LogP contribution in [-0.2, 0) is 0 Å². The van der Waals surface area contributed by atoms with Gasteiger partial charge in [-0.2, -0.15) is 52.7 Å². The number of fused-ring (bicyclic) bond motifs is 25. The third-order valence-electron chi connectivity index (χ3n) is 41.6. The Morgan fingerprint density at radius 1 is 0.239 bits per heavy atom. The maximum Gasteiger partial charge on any atom is 0.416 e. The Morgan fingerprint density at radius 2 is 0.575 bits per heavy atom. The van der Waals surface area contributed by atoms with Gasteiger partial charge in [0.2, 0.25) is 0 Å². The molecule has 0 amide bonds. The summed E-state index contributed by atoms with van der Waals surface area (Å²) in [4.78, 5) is 0. The molecule has 0 heterocycles. The van der Waals surface area contributed by atoms with Crippen LogP contribution in [0, 0.1) is 254 Å². The fourth-order valence-corrected chi connectivity index (χ4v) is 34.0. The zero-order valence-corrected chi connectivity index (χ0v) is 72.9. The molecule has 4 nitrogen and oxygen atoms in total. The zero-order chi connectivity index (χ0) is 82.5. The molecular weight excluding hydrogens is 1460 g/mol. The molecule has 0 spiro atoms. The molecule has 0 aromatic rings. The Labute approximate surface area is 676 Å². The molecule has 24 rings (SSSR count). The van der Waals surface area contributed by atoms with E-state index < -0.39 is 47.9 Å². The SMILES string of the molecule is CC1C(C)C2CC1C1C3CC(CC(C)(O)C(F)(F)F)C(C3)C21.CC1C(C)C2CCC1C1C3CCC(CC3)C21.CC1C2CC(CC(C)(O)C(F)(F)F)C(C2)C1C.CC1C2CC(CCC(C)(O)C(F)(F)F)C(C2)C1C.CC1C2CCC(C(CC(F)(F)F)C2)C1C.CC1C2CCC(CC2)C1C.CC1CC2C3CCC(CC3CO)C2C1C. The molecule has 24 fully saturated rings. The molecule has 0 radical (unpaired) electrons. The first-order valence-corrected chi connectivity index (χ1v) is 47.6. The number of hydrogen-bond donors (Lipinski definition) is 4. The third-order valence-corrected chi connectivity index (χ3v) is 41.6. The van der Waals surface area contributed by atoms with Gasteiger partial charge in [0.1, 0.15) is 0 Å². The summed E-state index contributed by atoms with van der Waals surface area (Å²) in [7, 11) is 0. The van der Waals surface area contributed by atoms with Gasteiger partial charge in [0.15, 0.2) is 16.8 Å². The van der Waals surface area contributed by atoms with Crippen LogP contribution in [0.25, 0.3) is 0 Å². The second-order valence-electron chi connectivity index (χ2n) is 46.0. The van der Waals surface area contributed by atoms with E-state index in [1.807, 2.05) is 0 Å². The highest BCUT2D eigenvalue weighted by Crippen LogP contribution is 2.73. The van der Waals surface area contributed by atoms with Crippen LogP contribution in [0.1, 0.15) is 304 Å². The van der Waals surface area contributed by atoms with Crippen molar-refractivity contribution in [1.82, 2.24) is 0 Å². The Balaban J connectivity index is 0.000000116. The smallest absolute Gasteiger partial charge is 0.396 e. The van der Waals surface area contributed by atoms with Crippen molar-refractivity contribution in [2.75, 3.05) is 6.61 Å². The molecule has 0 aromatic heterocycles. The van der Waals surface area contributed by atoms with Gasteiger partial charge < -0.3 is 20.4 Å². The van der Waals surface area contributed by atoms with Crippen molar-refractivity contribution in [3.63, 3.8) is 0 Å². The molecule has 0 saturated heterocycles. The van der Waals surface area contributed by atoms with Crippen molar-refractivity contribution in [3.8, 4) is 0 Å². The van der Waals surface area contributed by atoms with Crippen LogP contribution in [0.4, 0.5) is 52.7 Å². The second kappa shape index (κ2) is 33.6. The van der Waals surface area contributed by atoms with Crippen LogP contribution < -0.4 is 0 Å². The first kappa shape index (κ1) is 89.7. The summed E-state index contributed by atoms with van der Waals surface area (Å²) in [5, 5.41) is 38.4. The first-order valence-electron chi connectivity index (χ1n) is 47.6. The van der Waals surface area contributed by atoms with Gasteiger partial charge in [0.05, 0.1) is 0 Å². The van der Waals surface area contributed by atoms with E-state index in [2.05, 4.69) is 96.9 Å². The van der Waals surface area contributed by atoms with Crippen LogP contribution in [-0.4, -0.2) is 68.5 Å². The van der Waals surface area contributed by atoms with Gasteiger partial charge in [0, 0.05) is 13.0 Å². The van der Waals surface area contributed by atoms with Crippen molar-refractivity contribution >= 4 is 0 Å². The lowest BCUT2D eigenvalue weighted by atomic mass is 9.41. The van der Waals surface area contributed by atoms with E-state index in [-0.39, 0.29) is 37.0 Å². The van der Waals surface area contributed by atoms with Crippen LogP contribution >= 0.6 is 0 Å². The lowest BCUT2D eigenvalue weighted by Gasteiger charge is -2.64. The first-order chi connectivity index (χ1) is 52.5. The van der Waals surface area contributed by atoms with Gasteiger partial charge in [-0.05, 0) is 455 Å². The average Bonchev–Trinajstić information content (AvgIpc) is 1.58. The molecule has 113 heavy (non-hydrogen) atoms. The molecular formula is C97H158F12O4. The molecule has 654 valence electrons. The minimum atomic E-state index is -4.51. The molecule has 4 N–H and O–H groups in total. The van der Waals surface area contributed by atoms with E-state index in [0.29, 0.717) is 108 Å². The summed E-state index contributed by atoms with van der Waals surface area (Å²) < 4.78 is 152. The Hall–Kier alpha value is -1.00. The predicted molar refractivity (Wildman–Crippen MR) is 427 cm³/mol. The van der Waals surface area contributed by atoms with Crippen molar-refractivity contribution in [1.29, 1.82) is 0 Å². The van der Waals surface area contributed by atoms with Gasteiger partial charge >= 0.3 is 24.7 Å². The standard InChI is InChI=1S/C18H27F3O.C16H26.C14H23F3O.C14H24O.C13H21F3O.C12H19F3.C10H18/c1-8-9(2)13-6-12(8)15-10-4-11(14(5-10)16(13)15)7-17(3,22)18(19,20)21;1-9-10(2)14-8-7-13(9)15-11-3-5-12(6-4-11)16(14)15;1-8-9(2)12-7-11(8)6-10(12)4-5-13(3,18)14(15,16)17;1-8-5-13-12-4-3-10(6-11(12)7-15)14(13)9(8)2;1-7-8(2)11-5-9(7)4-10(11)6-12(3,17)13(14,15)16;1-7-8(2)11-4-3-9(7)5-10(11)6-12(13,14)15;1-7-8(2)10-5-3-9(7)4-6-10/h8-16,22H,4-7H2,1-3H3;9-16H,3-8H2,1-2H3;8-12,18H,4-7H2,1-3H3;8-15H,3-7H2,1-2H3;7-11,17H,4-6H2,1-3H3;7-11H,3-6H2,1-2H3;7-10H,3-6H2,1-2H3. The summed E-state index contributed by atoms with van der Waals surface area (Å²) in [6.07, 6.45) is 13.9. The number of rotatable bonds is 9. The highest BCUT2D eigenvalue weighted by Gasteiger charge is 2.68. The summed E-state index contributed by atoms with van der Waals surface area (Å²) in [5.74, 6) is 32.3. The van der Waals surface area contributed by atoms with Gasteiger partial charge in [-0.1, -0.05) is 96.9 Å². The third kappa shape index (κ3) is 17.3. The second-order valence-corrected chi connectivity index (χ2v) is 46.0. The van der Waals surface area contributed by atoms with Gasteiger partial charge in [0.25, 0.3) is 0 Å².